The van der Waals surface area contributed by atoms with Crippen LogP contribution < -0.4 is 5.32 Å². The van der Waals surface area contributed by atoms with Crippen molar-refractivity contribution in [2.75, 3.05) is 26.7 Å². The molecule has 0 bridgehead atoms. The Kier molecular flexibility index (Phi) is 3.92. The van der Waals surface area contributed by atoms with Gasteiger partial charge >= 0.3 is 0 Å². The molecule has 0 radical (unpaired) electrons. The van der Waals surface area contributed by atoms with Gasteiger partial charge in [0, 0.05) is 25.2 Å². The van der Waals surface area contributed by atoms with Gasteiger partial charge in [-0.3, -0.25) is 4.90 Å². The molecule has 3 heteroatoms. The zero-order valence-electron chi connectivity index (χ0n) is 11.8. The smallest absolute Gasteiger partial charge is 0.0697 e. The van der Waals surface area contributed by atoms with Gasteiger partial charge in [-0.2, -0.15) is 0 Å². The van der Waals surface area contributed by atoms with Crippen LogP contribution in [0.5, 0.6) is 0 Å². The van der Waals surface area contributed by atoms with Crippen LogP contribution in [-0.2, 0) is 4.74 Å². The van der Waals surface area contributed by atoms with Gasteiger partial charge in [0.1, 0.15) is 0 Å². The molecule has 0 aromatic heterocycles. The molecule has 2 atom stereocenters. The van der Waals surface area contributed by atoms with E-state index in [1.54, 1.807) is 0 Å². The highest BCUT2D eigenvalue weighted by molar-refractivity contribution is 4.95. The number of nitrogens with one attached hydrogen (secondary N) is 1. The maximum Gasteiger partial charge on any atom is 0.0697 e. The van der Waals surface area contributed by atoms with Crippen molar-refractivity contribution in [2.24, 2.45) is 0 Å². The van der Waals surface area contributed by atoms with E-state index in [0.29, 0.717) is 0 Å². The zero-order valence-corrected chi connectivity index (χ0v) is 11.8. The standard InChI is InChI=1S/C15H28N2O/c1-17(14-5-4-9-16-12-14)13-6-10-18-15(11-13)7-2-3-8-15/h13-14,16H,2-12H2,1H3. The summed E-state index contributed by atoms with van der Waals surface area (Å²) < 4.78 is 6.15. The average molecular weight is 252 g/mol. The van der Waals surface area contributed by atoms with Gasteiger partial charge in [-0.15, -0.1) is 0 Å². The Morgan fingerprint density at radius 1 is 1.11 bits per heavy atom. The summed E-state index contributed by atoms with van der Waals surface area (Å²) >= 11 is 0. The molecule has 3 nitrogen and oxygen atoms in total. The van der Waals surface area contributed by atoms with Crippen molar-refractivity contribution in [3.8, 4) is 0 Å². The van der Waals surface area contributed by atoms with Gasteiger partial charge in [0.2, 0.25) is 0 Å². The van der Waals surface area contributed by atoms with Gasteiger partial charge in [-0.25, -0.2) is 0 Å². The van der Waals surface area contributed by atoms with Crippen molar-refractivity contribution in [3.05, 3.63) is 0 Å². The fraction of sp³-hybridized carbons (Fsp3) is 1.00. The van der Waals surface area contributed by atoms with Gasteiger partial charge in [0.05, 0.1) is 5.60 Å². The molecule has 1 spiro atoms. The summed E-state index contributed by atoms with van der Waals surface area (Å²) in [6.45, 7) is 3.37. The lowest BCUT2D eigenvalue weighted by molar-refractivity contribution is -0.104. The van der Waals surface area contributed by atoms with Gasteiger partial charge in [0.15, 0.2) is 0 Å². The predicted octanol–water partition coefficient (Wildman–Crippen LogP) is 2.16. The first-order valence-electron chi connectivity index (χ1n) is 7.86. The quantitative estimate of drug-likeness (QED) is 0.815. The largest absolute Gasteiger partial charge is 0.375 e. The molecule has 1 saturated carbocycles. The van der Waals surface area contributed by atoms with Crippen LogP contribution in [0.3, 0.4) is 0 Å². The summed E-state index contributed by atoms with van der Waals surface area (Å²) in [5.41, 5.74) is 0.263. The molecule has 3 rings (SSSR count). The van der Waals surface area contributed by atoms with Gasteiger partial charge in [-0.1, -0.05) is 12.8 Å². The molecule has 2 unspecified atom stereocenters. The zero-order chi connectivity index (χ0) is 12.4. The maximum atomic E-state index is 6.15. The van der Waals surface area contributed by atoms with Crippen molar-refractivity contribution >= 4 is 0 Å². The summed E-state index contributed by atoms with van der Waals surface area (Å²) in [6.07, 6.45) is 10.6. The molecular weight excluding hydrogens is 224 g/mol. The first kappa shape index (κ1) is 12.9. The van der Waals surface area contributed by atoms with Gasteiger partial charge in [-0.05, 0) is 52.1 Å². The number of rotatable bonds is 2. The molecule has 1 N–H and O–H groups in total. The molecule has 0 aromatic carbocycles. The van der Waals surface area contributed by atoms with Crippen LogP contribution >= 0.6 is 0 Å². The molecular formula is C15H28N2O. The van der Waals surface area contributed by atoms with Gasteiger partial charge < -0.3 is 10.1 Å². The fourth-order valence-corrected chi connectivity index (χ4v) is 4.20. The predicted molar refractivity (Wildman–Crippen MR) is 73.8 cm³/mol. The van der Waals surface area contributed by atoms with E-state index in [1.807, 2.05) is 0 Å². The van der Waals surface area contributed by atoms with Gasteiger partial charge in [0.25, 0.3) is 0 Å². The third-order valence-corrected chi connectivity index (χ3v) is 5.40. The lowest BCUT2D eigenvalue weighted by Gasteiger charge is -2.45. The number of likely N-dealkylation sites (N-methyl/N-ethyl adjacent to an activating group) is 1. The number of piperidine rings is 1. The first-order valence-corrected chi connectivity index (χ1v) is 7.86. The average Bonchev–Trinajstić information content (AvgIpc) is 2.87. The minimum absolute atomic E-state index is 0.263. The van der Waals surface area contributed by atoms with E-state index in [4.69, 9.17) is 4.74 Å². The Morgan fingerprint density at radius 2 is 1.94 bits per heavy atom. The first-order chi connectivity index (χ1) is 8.79. The lowest BCUT2D eigenvalue weighted by Crippen LogP contribution is -2.53. The number of hydrogen-bond acceptors (Lipinski definition) is 3. The topological polar surface area (TPSA) is 24.5 Å². The van der Waals surface area contributed by atoms with Crippen LogP contribution in [0.1, 0.15) is 51.4 Å². The summed E-state index contributed by atoms with van der Waals surface area (Å²) in [5.74, 6) is 0. The second kappa shape index (κ2) is 5.48. The minimum atomic E-state index is 0.263. The lowest BCUT2D eigenvalue weighted by atomic mass is 9.87. The third kappa shape index (κ3) is 2.59. The van der Waals surface area contributed by atoms with Crippen LogP contribution in [0.2, 0.25) is 0 Å². The highest BCUT2D eigenvalue weighted by Gasteiger charge is 2.41. The number of hydrogen-bond donors (Lipinski definition) is 1. The van der Waals surface area contributed by atoms with E-state index in [-0.39, 0.29) is 5.60 Å². The van der Waals surface area contributed by atoms with E-state index in [0.717, 1.165) is 18.7 Å². The second-order valence-corrected chi connectivity index (χ2v) is 6.55. The summed E-state index contributed by atoms with van der Waals surface area (Å²) in [6, 6.07) is 1.50. The Hall–Kier alpha value is -0.120. The molecule has 2 aliphatic heterocycles. The fourth-order valence-electron chi connectivity index (χ4n) is 4.20. The Morgan fingerprint density at radius 3 is 2.67 bits per heavy atom. The maximum absolute atomic E-state index is 6.15. The number of nitrogens with zero attached hydrogens (tertiary/aromatic N) is 1. The summed E-state index contributed by atoms with van der Waals surface area (Å²) in [5, 5.41) is 3.54. The van der Waals surface area contributed by atoms with E-state index in [1.165, 1.54) is 64.5 Å². The van der Waals surface area contributed by atoms with Crippen molar-refractivity contribution in [1.29, 1.82) is 0 Å². The van der Waals surface area contributed by atoms with Crippen LogP contribution in [-0.4, -0.2) is 49.3 Å². The summed E-state index contributed by atoms with van der Waals surface area (Å²) in [4.78, 5) is 2.66. The normalized spacial score (nSPS) is 36.3. The third-order valence-electron chi connectivity index (χ3n) is 5.40. The van der Waals surface area contributed by atoms with E-state index in [9.17, 15) is 0 Å². The Balaban J connectivity index is 1.60. The molecule has 1 aliphatic carbocycles. The van der Waals surface area contributed by atoms with Crippen LogP contribution in [0, 0.1) is 0 Å². The minimum Gasteiger partial charge on any atom is -0.375 e. The summed E-state index contributed by atoms with van der Waals surface area (Å²) in [7, 11) is 2.34. The number of ether oxygens (including phenoxy) is 1. The monoisotopic (exact) mass is 252 g/mol. The molecule has 2 saturated heterocycles. The molecule has 18 heavy (non-hydrogen) atoms. The van der Waals surface area contributed by atoms with Crippen LogP contribution in [0.15, 0.2) is 0 Å². The van der Waals surface area contributed by atoms with Crippen molar-refractivity contribution in [3.63, 3.8) is 0 Å². The van der Waals surface area contributed by atoms with Crippen LogP contribution in [0.25, 0.3) is 0 Å². The molecule has 0 amide bonds. The highest BCUT2D eigenvalue weighted by Crippen LogP contribution is 2.41. The molecule has 3 aliphatic rings. The molecule has 2 heterocycles. The van der Waals surface area contributed by atoms with Crippen molar-refractivity contribution in [2.45, 2.75) is 69.1 Å². The van der Waals surface area contributed by atoms with Crippen molar-refractivity contribution < 1.29 is 4.74 Å². The Bertz CT molecular complexity index is 270. The molecule has 104 valence electrons. The van der Waals surface area contributed by atoms with E-state index >= 15 is 0 Å². The van der Waals surface area contributed by atoms with E-state index in [2.05, 4.69) is 17.3 Å². The SMILES string of the molecule is CN(C1CCCNC1)C1CCOC2(CCCC2)C1. The molecule has 0 aromatic rings. The Labute approximate surface area is 111 Å². The molecule has 3 fully saturated rings. The highest BCUT2D eigenvalue weighted by atomic mass is 16.5. The van der Waals surface area contributed by atoms with E-state index < -0.39 is 0 Å². The van der Waals surface area contributed by atoms with Crippen molar-refractivity contribution in [1.82, 2.24) is 10.2 Å². The van der Waals surface area contributed by atoms with Crippen LogP contribution in [0.4, 0.5) is 0 Å². The second-order valence-electron chi connectivity index (χ2n) is 6.55.